The maximum atomic E-state index is 11.9. The molecule has 1 aliphatic rings. The van der Waals surface area contributed by atoms with E-state index < -0.39 is 0 Å². The number of nitrogens with two attached hydrogens (primary N) is 1. The Labute approximate surface area is 108 Å². The first kappa shape index (κ1) is 12.9. The third kappa shape index (κ3) is 2.83. The highest BCUT2D eigenvalue weighted by Crippen LogP contribution is 2.28. The molecule has 1 aromatic heterocycles. The SMILES string of the molecule is CCCc1[nH]nc(C(=O)NCCC2CCC2)c1N. The molecule has 5 nitrogen and oxygen atoms in total. The number of H-pyrrole nitrogens is 1. The van der Waals surface area contributed by atoms with Gasteiger partial charge < -0.3 is 11.1 Å². The molecule has 1 heterocycles. The Morgan fingerprint density at radius 2 is 2.33 bits per heavy atom. The van der Waals surface area contributed by atoms with E-state index in [1.807, 2.05) is 0 Å². The summed E-state index contributed by atoms with van der Waals surface area (Å²) >= 11 is 0. The van der Waals surface area contributed by atoms with E-state index in [1.54, 1.807) is 0 Å². The molecule has 0 atom stereocenters. The fourth-order valence-electron chi connectivity index (χ4n) is 2.26. The van der Waals surface area contributed by atoms with Crippen molar-refractivity contribution >= 4 is 11.6 Å². The second-order valence-corrected chi connectivity index (χ2v) is 5.06. The standard InChI is InChI=1S/C13H22N4O/c1-2-4-10-11(14)12(17-16-10)13(18)15-8-7-9-5-3-6-9/h9H,2-8,14H2,1H3,(H,15,18)(H,16,17). The maximum absolute atomic E-state index is 11.9. The fourth-order valence-corrected chi connectivity index (χ4v) is 2.26. The van der Waals surface area contributed by atoms with Gasteiger partial charge in [0.1, 0.15) is 0 Å². The first-order valence-corrected chi connectivity index (χ1v) is 6.83. The number of aromatic amines is 1. The monoisotopic (exact) mass is 250 g/mol. The van der Waals surface area contributed by atoms with E-state index in [4.69, 9.17) is 5.73 Å². The van der Waals surface area contributed by atoms with Crippen LogP contribution in [0, 0.1) is 5.92 Å². The third-order valence-electron chi connectivity index (χ3n) is 3.66. The summed E-state index contributed by atoms with van der Waals surface area (Å²) in [6, 6.07) is 0. The summed E-state index contributed by atoms with van der Waals surface area (Å²) in [5, 5.41) is 9.74. The first-order valence-electron chi connectivity index (χ1n) is 6.83. The van der Waals surface area contributed by atoms with E-state index in [0.717, 1.165) is 37.4 Å². The minimum atomic E-state index is -0.162. The maximum Gasteiger partial charge on any atom is 0.273 e. The summed E-state index contributed by atoms with van der Waals surface area (Å²) < 4.78 is 0. The molecule has 0 spiro atoms. The Morgan fingerprint density at radius 3 is 2.94 bits per heavy atom. The topological polar surface area (TPSA) is 83.8 Å². The predicted molar refractivity (Wildman–Crippen MR) is 71.3 cm³/mol. The van der Waals surface area contributed by atoms with Crippen LogP contribution in [0.3, 0.4) is 0 Å². The molecule has 18 heavy (non-hydrogen) atoms. The molecule has 1 aromatic rings. The molecular weight excluding hydrogens is 228 g/mol. The highest BCUT2D eigenvalue weighted by molar-refractivity contribution is 5.97. The Balaban J connectivity index is 1.83. The summed E-state index contributed by atoms with van der Waals surface area (Å²) in [5.74, 6) is 0.642. The molecule has 0 aromatic carbocycles. The summed E-state index contributed by atoms with van der Waals surface area (Å²) in [4.78, 5) is 11.9. The van der Waals surface area contributed by atoms with Crippen molar-refractivity contribution in [2.45, 2.75) is 45.4 Å². The third-order valence-corrected chi connectivity index (χ3v) is 3.66. The lowest BCUT2D eigenvalue weighted by Crippen LogP contribution is -2.28. The van der Waals surface area contributed by atoms with Crippen molar-refractivity contribution in [3.05, 3.63) is 11.4 Å². The summed E-state index contributed by atoms with van der Waals surface area (Å²) in [6.45, 7) is 2.79. The Morgan fingerprint density at radius 1 is 1.56 bits per heavy atom. The second kappa shape index (κ2) is 5.89. The molecule has 4 N–H and O–H groups in total. The molecule has 1 saturated carbocycles. The number of aromatic nitrogens is 2. The molecule has 1 fully saturated rings. The molecule has 2 rings (SSSR count). The number of aryl methyl sites for hydroxylation is 1. The molecule has 5 heteroatoms. The number of rotatable bonds is 6. The number of carbonyl (C=O) groups excluding carboxylic acids is 1. The van der Waals surface area contributed by atoms with Crippen molar-refractivity contribution in [3.63, 3.8) is 0 Å². The van der Waals surface area contributed by atoms with E-state index in [0.29, 0.717) is 11.4 Å². The van der Waals surface area contributed by atoms with Crippen molar-refractivity contribution in [1.29, 1.82) is 0 Å². The van der Waals surface area contributed by atoms with Crippen LogP contribution in [0.15, 0.2) is 0 Å². The van der Waals surface area contributed by atoms with Gasteiger partial charge in [0.2, 0.25) is 0 Å². The zero-order chi connectivity index (χ0) is 13.0. The quantitative estimate of drug-likeness (QED) is 0.720. The molecular formula is C13H22N4O. The lowest BCUT2D eigenvalue weighted by atomic mass is 9.83. The van der Waals surface area contributed by atoms with Gasteiger partial charge in [0.15, 0.2) is 5.69 Å². The van der Waals surface area contributed by atoms with Gasteiger partial charge in [-0.15, -0.1) is 0 Å². The average molecular weight is 250 g/mol. The van der Waals surface area contributed by atoms with Gasteiger partial charge in [-0.1, -0.05) is 32.6 Å². The van der Waals surface area contributed by atoms with Gasteiger partial charge in [0.25, 0.3) is 5.91 Å². The van der Waals surface area contributed by atoms with E-state index in [-0.39, 0.29) is 5.91 Å². The van der Waals surface area contributed by atoms with Gasteiger partial charge in [-0.3, -0.25) is 9.89 Å². The highest BCUT2D eigenvalue weighted by atomic mass is 16.1. The van der Waals surface area contributed by atoms with Crippen molar-refractivity contribution in [2.75, 3.05) is 12.3 Å². The summed E-state index contributed by atoms with van der Waals surface area (Å²) in [5.41, 5.74) is 7.61. The van der Waals surface area contributed by atoms with Crippen LogP contribution in [0.25, 0.3) is 0 Å². The van der Waals surface area contributed by atoms with Crippen LogP contribution in [-0.2, 0) is 6.42 Å². The largest absolute Gasteiger partial charge is 0.395 e. The van der Waals surface area contributed by atoms with Crippen molar-refractivity contribution in [1.82, 2.24) is 15.5 Å². The average Bonchev–Trinajstić information content (AvgIpc) is 2.65. The van der Waals surface area contributed by atoms with Crippen LogP contribution in [0.4, 0.5) is 5.69 Å². The Bertz CT molecular complexity index is 409. The van der Waals surface area contributed by atoms with Crippen LogP contribution in [-0.4, -0.2) is 22.6 Å². The minimum absolute atomic E-state index is 0.162. The van der Waals surface area contributed by atoms with E-state index in [1.165, 1.54) is 19.3 Å². The number of hydrogen-bond donors (Lipinski definition) is 3. The molecule has 0 bridgehead atoms. The van der Waals surface area contributed by atoms with Crippen LogP contribution >= 0.6 is 0 Å². The minimum Gasteiger partial charge on any atom is -0.395 e. The normalized spacial score (nSPS) is 15.4. The lowest BCUT2D eigenvalue weighted by molar-refractivity contribution is 0.0945. The number of nitrogen functional groups attached to an aromatic ring is 1. The van der Waals surface area contributed by atoms with Crippen LogP contribution in [0.1, 0.15) is 55.2 Å². The summed E-state index contributed by atoms with van der Waals surface area (Å²) in [6.07, 6.45) is 6.83. The van der Waals surface area contributed by atoms with Gasteiger partial charge in [-0.2, -0.15) is 5.10 Å². The number of carbonyl (C=O) groups is 1. The van der Waals surface area contributed by atoms with Gasteiger partial charge >= 0.3 is 0 Å². The summed E-state index contributed by atoms with van der Waals surface area (Å²) in [7, 11) is 0. The predicted octanol–water partition coefficient (Wildman–Crippen LogP) is 1.86. The van der Waals surface area contributed by atoms with E-state index in [9.17, 15) is 4.79 Å². The second-order valence-electron chi connectivity index (χ2n) is 5.06. The van der Waals surface area contributed by atoms with Gasteiger partial charge in [0.05, 0.1) is 11.4 Å². The molecule has 0 radical (unpaired) electrons. The number of nitrogens with one attached hydrogen (secondary N) is 2. The number of anilines is 1. The van der Waals surface area contributed by atoms with Gasteiger partial charge in [-0.05, 0) is 18.8 Å². The molecule has 0 aliphatic heterocycles. The molecule has 0 saturated heterocycles. The molecule has 1 amide bonds. The van der Waals surface area contributed by atoms with Crippen LogP contribution < -0.4 is 11.1 Å². The molecule has 1 aliphatic carbocycles. The van der Waals surface area contributed by atoms with Crippen LogP contribution in [0.5, 0.6) is 0 Å². The smallest absolute Gasteiger partial charge is 0.273 e. The van der Waals surface area contributed by atoms with Crippen molar-refractivity contribution < 1.29 is 4.79 Å². The van der Waals surface area contributed by atoms with Gasteiger partial charge in [-0.25, -0.2) is 0 Å². The molecule has 0 unspecified atom stereocenters. The van der Waals surface area contributed by atoms with Gasteiger partial charge in [0, 0.05) is 6.54 Å². The number of nitrogens with zero attached hydrogens (tertiary/aromatic N) is 1. The van der Waals surface area contributed by atoms with E-state index >= 15 is 0 Å². The van der Waals surface area contributed by atoms with Crippen molar-refractivity contribution in [3.8, 4) is 0 Å². The fraction of sp³-hybridized carbons (Fsp3) is 0.692. The zero-order valence-electron chi connectivity index (χ0n) is 11.0. The Kier molecular flexibility index (Phi) is 4.23. The first-order chi connectivity index (χ1) is 8.72. The molecule has 100 valence electrons. The lowest BCUT2D eigenvalue weighted by Gasteiger charge is -2.24. The van der Waals surface area contributed by atoms with E-state index in [2.05, 4.69) is 22.4 Å². The number of hydrogen-bond acceptors (Lipinski definition) is 3. The van der Waals surface area contributed by atoms with Crippen molar-refractivity contribution in [2.24, 2.45) is 5.92 Å². The van der Waals surface area contributed by atoms with Crippen LogP contribution in [0.2, 0.25) is 0 Å². The highest BCUT2D eigenvalue weighted by Gasteiger charge is 2.19. The zero-order valence-corrected chi connectivity index (χ0v) is 11.0. The Hall–Kier alpha value is -1.52. The number of amides is 1.